The van der Waals surface area contributed by atoms with Gasteiger partial charge in [-0.3, -0.25) is 14.4 Å². The predicted octanol–water partition coefficient (Wildman–Crippen LogP) is 3.16. The Labute approximate surface area is 172 Å². The van der Waals surface area contributed by atoms with Crippen molar-refractivity contribution in [1.82, 2.24) is 10.2 Å². The highest BCUT2D eigenvalue weighted by molar-refractivity contribution is 7.12. The second-order valence-electron chi connectivity index (χ2n) is 6.94. The van der Waals surface area contributed by atoms with Gasteiger partial charge in [-0.2, -0.15) is 0 Å². The highest BCUT2D eigenvalue weighted by Gasteiger charge is 2.30. The quantitative estimate of drug-likeness (QED) is 0.732. The summed E-state index contributed by atoms with van der Waals surface area (Å²) in [6, 6.07) is 8.72. The Bertz CT molecular complexity index is 846. The predicted molar refractivity (Wildman–Crippen MR) is 107 cm³/mol. The van der Waals surface area contributed by atoms with Gasteiger partial charge in [0.2, 0.25) is 5.91 Å². The van der Waals surface area contributed by atoms with Crippen LogP contribution in [0.25, 0.3) is 0 Å². The smallest absolute Gasteiger partial charge is 0.307 e. The zero-order valence-corrected chi connectivity index (χ0v) is 16.9. The molecule has 0 saturated carbocycles. The number of esters is 1. The van der Waals surface area contributed by atoms with Crippen LogP contribution in [0.1, 0.15) is 40.5 Å². The number of benzene rings is 1. The number of ether oxygens (including phenoxy) is 1. The molecule has 6 nitrogen and oxygen atoms in total. The van der Waals surface area contributed by atoms with Crippen molar-refractivity contribution in [2.75, 3.05) is 20.2 Å². The van der Waals surface area contributed by atoms with E-state index in [9.17, 15) is 18.8 Å². The minimum absolute atomic E-state index is 0.00580. The molecule has 1 atom stereocenters. The van der Waals surface area contributed by atoms with E-state index in [1.54, 1.807) is 23.1 Å². The Balaban J connectivity index is 1.60. The van der Waals surface area contributed by atoms with Gasteiger partial charge in [0, 0.05) is 19.0 Å². The number of carbonyl (C=O) groups excluding carboxylic acids is 3. The molecular formula is C21H23FN2O4S. The SMILES string of the molecule is COC(=O)CC(NC(=O)C1CCN(C(=O)c2cccs2)CC1)c1ccc(F)cc1. The number of thiophene rings is 1. The maximum Gasteiger partial charge on any atom is 0.307 e. The molecule has 0 radical (unpaired) electrons. The monoisotopic (exact) mass is 418 g/mol. The minimum atomic E-state index is -0.596. The Morgan fingerprint density at radius 2 is 1.90 bits per heavy atom. The summed E-state index contributed by atoms with van der Waals surface area (Å²) in [4.78, 5) is 39.4. The van der Waals surface area contributed by atoms with Crippen molar-refractivity contribution in [2.45, 2.75) is 25.3 Å². The molecule has 1 aliphatic rings. The normalized spacial score (nSPS) is 15.6. The van der Waals surface area contributed by atoms with Gasteiger partial charge in [0.05, 0.1) is 24.4 Å². The number of rotatable bonds is 6. The molecule has 154 valence electrons. The molecule has 2 amide bonds. The third-order valence-corrected chi connectivity index (χ3v) is 5.93. The van der Waals surface area contributed by atoms with E-state index in [1.165, 1.54) is 30.6 Å². The lowest BCUT2D eigenvalue weighted by Crippen LogP contribution is -2.43. The molecule has 3 rings (SSSR count). The van der Waals surface area contributed by atoms with Gasteiger partial charge < -0.3 is 15.0 Å². The standard InChI is InChI=1S/C21H23FN2O4S/c1-28-19(25)13-17(14-4-6-16(22)7-5-14)23-20(26)15-8-10-24(11-9-15)21(27)18-3-2-12-29-18/h2-7,12,15,17H,8-11,13H2,1H3,(H,23,26). The number of piperidine rings is 1. The second kappa shape index (κ2) is 9.65. The van der Waals surface area contributed by atoms with Crippen LogP contribution in [0, 0.1) is 11.7 Å². The Kier molecular flexibility index (Phi) is 6.98. The fraction of sp³-hybridized carbons (Fsp3) is 0.381. The molecule has 0 bridgehead atoms. The van der Waals surface area contributed by atoms with Gasteiger partial charge in [-0.15, -0.1) is 11.3 Å². The zero-order valence-electron chi connectivity index (χ0n) is 16.1. The van der Waals surface area contributed by atoms with E-state index in [-0.39, 0.29) is 30.0 Å². The number of carbonyl (C=O) groups is 3. The lowest BCUT2D eigenvalue weighted by Gasteiger charge is -2.32. The first kappa shape index (κ1) is 21.0. The molecule has 29 heavy (non-hydrogen) atoms. The summed E-state index contributed by atoms with van der Waals surface area (Å²) < 4.78 is 17.9. The first-order valence-corrected chi connectivity index (χ1v) is 10.3. The van der Waals surface area contributed by atoms with Gasteiger partial charge >= 0.3 is 5.97 Å². The number of halogens is 1. The van der Waals surface area contributed by atoms with Crippen molar-refractivity contribution in [3.8, 4) is 0 Å². The number of nitrogens with one attached hydrogen (secondary N) is 1. The molecule has 1 fully saturated rings. The lowest BCUT2D eigenvalue weighted by molar-refractivity contribution is -0.141. The summed E-state index contributed by atoms with van der Waals surface area (Å²) in [7, 11) is 1.28. The van der Waals surface area contributed by atoms with Crippen molar-refractivity contribution in [2.24, 2.45) is 5.92 Å². The number of methoxy groups -OCH3 is 1. The zero-order chi connectivity index (χ0) is 20.8. The maximum atomic E-state index is 13.2. The number of likely N-dealkylation sites (tertiary alicyclic amines) is 1. The van der Waals surface area contributed by atoms with E-state index in [0.717, 1.165) is 0 Å². The molecule has 0 spiro atoms. The van der Waals surface area contributed by atoms with E-state index in [1.807, 2.05) is 11.4 Å². The molecule has 0 aliphatic carbocycles. The molecule has 1 aliphatic heterocycles. The summed E-state index contributed by atoms with van der Waals surface area (Å²) >= 11 is 1.41. The average Bonchev–Trinajstić information content (AvgIpc) is 3.28. The summed E-state index contributed by atoms with van der Waals surface area (Å²) in [6.07, 6.45) is 1.07. The maximum absolute atomic E-state index is 13.2. The van der Waals surface area contributed by atoms with Gasteiger partial charge in [-0.1, -0.05) is 18.2 Å². The molecular weight excluding hydrogens is 395 g/mol. The van der Waals surface area contributed by atoms with Crippen molar-refractivity contribution in [3.63, 3.8) is 0 Å². The third-order valence-electron chi connectivity index (χ3n) is 5.07. The third kappa shape index (κ3) is 5.41. The summed E-state index contributed by atoms with van der Waals surface area (Å²) in [5, 5.41) is 4.76. The van der Waals surface area contributed by atoms with Crippen LogP contribution >= 0.6 is 11.3 Å². The summed E-state index contributed by atoms with van der Waals surface area (Å²) in [6.45, 7) is 1.01. The highest BCUT2D eigenvalue weighted by Crippen LogP contribution is 2.24. The first-order valence-electron chi connectivity index (χ1n) is 9.43. The van der Waals surface area contributed by atoms with Crippen LogP contribution in [0.5, 0.6) is 0 Å². The molecule has 1 aromatic carbocycles. The summed E-state index contributed by atoms with van der Waals surface area (Å²) in [5.74, 6) is -1.28. The van der Waals surface area contributed by atoms with Gasteiger partial charge in [-0.05, 0) is 42.0 Å². The Hall–Kier alpha value is -2.74. The van der Waals surface area contributed by atoms with Crippen LogP contribution in [-0.4, -0.2) is 42.9 Å². The Morgan fingerprint density at radius 3 is 2.48 bits per heavy atom. The number of amides is 2. The summed E-state index contributed by atoms with van der Waals surface area (Å²) in [5.41, 5.74) is 0.635. The number of hydrogen-bond donors (Lipinski definition) is 1. The van der Waals surface area contributed by atoms with E-state index in [0.29, 0.717) is 36.4 Å². The van der Waals surface area contributed by atoms with Crippen molar-refractivity contribution >= 4 is 29.1 Å². The Morgan fingerprint density at radius 1 is 1.21 bits per heavy atom. The van der Waals surface area contributed by atoms with Crippen LogP contribution in [0.3, 0.4) is 0 Å². The highest BCUT2D eigenvalue weighted by atomic mass is 32.1. The molecule has 1 unspecified atom stereocenters. The van der Waals surface area contributed by atoms with E-state index in [4.69, 9.17) is 4.74 Å². The minimum Gasteiger partial charge on any atom is -0.469 e. The van der Waals surface area contributed by atoms with Gasteiger partial charge in [0.1, 0.15) is 5.82 Å². The molecule has 1 saturated heterocycles. The van der Waals surface area contributed by atoms with Crippen LogP contribution in [-0.2, 0) is 14.3 Å². The van der Waals surface area contributed by atoms with Crippen molar-refractivity contribution < 1.29 is 23.5 Å². The van der Waals surface area contributed by atoms with Crippen molar-refractivity contribution in [3.05, 3.63) is 58.0 Å². The topological polar surface area (TPSA) is 75.7 Å². The van der Waals surface area contributed by atoms with E-state index in [2.05, 4.69) is 5.32 Å². The average molecular weight is 418 g/mol. The van der Waals surface area contributed by atoms with E-state index < -0.39 is 12.0 Å². The fourth-order valence-electron chi connectivity index (χ4n) is 3.39. The van der Waals surface area contributed by atoms with Gasteiger partial charge in [0.15, 0.2) is 0 Å². The van der Waals surface area contributed by atoms with E-state index >= 15 is 0 Å². The van der Waals surface area contributed by atoms with Crippen LogP contribution in [0.15, 0.2) is 41.8 Å². The fourth-order valence-corrected chi connectivity index (χ4v) is 4.08. The molecule has 1 N–H and O–H groups in total. The van der Waals surface area contributed by atoms with Crippen LogP contribution < -0.4 is 5.32 Å². The largest absolute Gasteiger partial charge is 0.469 e. The first-order chi connectivity index (χ1) is 14.0. The van der Waals surface area contributed by atoms with Gasteiger partial charge in [-0.25, -0.2) is 4.39 Å². The van der Waals surface area contributed by atoms with Crippen LogP contribution in [0.2, 0.25) is 0 Å². The second-order valence-corrected chi connectivity index (χ2v) is 7.88. The molecule has 8 heteroatoms. The number of hydrogen-bond acceptors (Lipinski definition) is 5. The lowest BCUT2D eigenvalue weighted by atomic mass is 9.94. The van der Waals surface area contributed by atoms with Gasteiger partial charge in [0.25, 0.3) is 5.91 Å². The molecule has 1 aromatic heterocycles. The number of nitrogens with zero attached hydrogens (tertiary/aromatic N) is 1. The molecule has 2 heterocycles. The van der Waals surface area contributed by atoms with Crippen LogP contribution in [0.4, 0.5) is 4.39 Å². The molecule has 2 aromatic rings. The van der Waals surface area contributed by atoms with Crippen molar-refractivity contribution in [1.29, 1.82) is 0 Å².